The molecule has 4 nitrogen and oxygen atoms in total. The minimum absolute atomic E-state index is 0.169. The number of carbonyl (C=O) groups excluding carboxylic acids is 2. The molecule has 148 valence electrons. The number of esters is 1. The van der Waals surface area contributed by atoms with Crippen molar-refractivity contribution in [1.29, 1.82) is 0 Å². The number of ketones is 1. The minimum Gasteiger partial charge on any atom is -0.444 e. The number of para-hydroxylation sites is 1. The second-order valence-electron chi connectivity index (χ2n) is 7.32. The molecule has 30 heavy (non-hydrogen) atoms. The van der Waals surface area contributed by atoms with Crippen LogP contribution >= 0.6 is 0 Å². The van der Waals surface area contributed by atoms with E-state index in [0.29, 0.717) is 16.6 Å². The molecule has 0 spiro atoms. The summed E-state index contributed by atoms with van der Waals surface area (Å²) >= 11 is 0. The maximum Gasteiger partial charge on any atom is 0.358 e. The SMILES string of the molecule is Cc1ccc(C(=O)[C@H](OC(=O)c2ccc3ccccc3n2)c2ccc(C)cc2)cc1. The summed E-state index contributed by atoms with van der Waals surface area (Å²) in [6.07, 6.45) is -1.05. The average Bonchev–Trinajstić information content (AvgIpc) is 2.78. The van der Waals surface area contributed by atoms with Gasteiger partial charge in [0.2, 0.25) is 5.78 Å². The van der Waals surface area contributed by atoms with Gasteiger partial charge in [0.1, 0.15) is 5.69 Å². The molecule has 0 bridgehead atoms. The van der Waals surface area contributed by atoms with Crippen LogP contribution in [0.2, 0.25) is 0 Å². The normalized spacial score (nSPS) is 11.8. The Morgan fingerprint density at radius 2 is 1.40 bits per heavy atom. The molecule has 0 radical (unpaired) electrons. The lowest BCUT2D eigenvalue weighted by molar-refractivity contribution is 0.0274. The van der Waals surface area contributed by atoms with Gasteiger partial charge >= 0.3 is 5.97 Å². The van der Waals surface area contributed by atoms with Gasteiger partial charge in [0, 0.05) is 16.5 Å². The van der Waals surface area contributed by atoms with E-state index in [2.05, 4.69) is 4.98 Å². The summed E-state index contributed by atoms with van der Waals surface area (Å²) < 4.78 is 5.71. The topological polar surface area (TPSA) is 56.3 Å². The molecule has 1 heterocycles. The number of benzene rings is 3. The Kier molecular flexibility index (Phi) is 5.40. The summed E-state index contributed by atoms with van der Waals surface area (Å²) in [6.45, 7) is 3.92. The van der Waals surface area contributed by atoms with Crippen molar-refractivity contribution in [2.45, 2.75) is 20.0 Å². The quantitative estimate of drug-likeness (QED) is 0.324. The first-order valence-corrected chi connectivity index (χ1v) is 9.75. The van der Waals surface area contributed by atoms with Crippen LogP contribution in [0.25, 0.3) is 10.9 Å². The summed E-state index contributed by atoms with van der Waals surface area (Å²) in [5.74, 6) is -0.903. The van der Waals surface area contributed by atoms with Gasteiger partial charge in [-0.05, 0) is 26.0 Å². The van der Waals surface area contributed by atoms with Crippen molar-refractivity contribution in [2.75, 3.05) is 0 Å². The maximum absolute atomic E-state index is 13.2. The first-order valence-electron chi connectivity index (χ1n) is 9.75. The van der Waals surface area contributed by atoms with Crippen LogP contribution < -0.4 is 0 Å². The molecule has 0 N–H and O–H groups in total. The molecular formula is C26H21NO3. The molecule has 1 aromatic heterocycles. The minimum atomic E-state index is -1.05. The highest BCUT2D eigenvalue weighted by Gasteiger charge is 2.27. The Bertz CT molecular complexity index is 1210. The summed E-state index contributed by atoms with van der Waals surface area (Å²) in [5.41, 5.74) is 4.09. The van der Waals surface area contributed by atoms with Gasteiger partial charge in [-0.1, -0.05) is 83.9 Å². The lowest BCUT2D eigenvalue weighted by atomic mass is 9.98. The fourth-order valence-corrected chi connectivity index (χ4v) is 3.23. The second kappa shape index (κ2) is 8.29. The Morgan fingerprint density at radius 3 is 2.10 bits per heavy atom. The van der Waals surface area contributed by atoms with Gasteiger partial charge in [-0.2, -0.15) is 0 Å². The lowest BCUT2D eigenvalue weighted by Crippen LogP contribution is -2.21. The molecule has 0 fully saturated rings. The van der Waals surface area contributed by atoms with Gasteiger partial charge in [-0.25, -0.2) is 9.78 Å². The van der Waals surface area contributed by atoms with Crippen LogP contribution in [-0.2, 0) is 4.74 Å². The molecule has 3 aromatic carbocycles. The number of aromatic nitrogens is 1. The first-order chi connectivity index (χ1) is 14.5. The largest absolute Gasteiger partial charge is 0.444 e. The zero-order chi connectivity index (χ0) is 21.1. The first kappa shape index (κ1) is 19.5. The molecule has 1 atom stereocenters. The van der Waals surface area contributed by atoms with E-state index >= 15 is 0 Å². The van der Waals surface area contributed by atoms with Crippen molar-refractivity contribution < 1.29 is 14.3 Å². The fraction of sp³-hybridized carbons (Fsp3) is 0.115. The predicted molar refractivity (Wildman–Crippen MR) is 117 cm³/mol. The van der Waals surface area contributed by atoms with Gasteiger partial charge in [0.25, 0.3) is 0 Å². The van der Waals surface area contributed by atoms with Crippen LogP contribution in [-0.4, -0.2) is 16.7 Å². The van der Waals surface area contributed by atoms with E-state index in [1.807, 2.05) is 80.6 Å². The van der Waals surface area contributed by atoms with Gasteiger partial charge in [-0.3, -0.25) is 4.79 Å². The molecule has 0 saturated heterocycles. The number of carbonyl (C=O) groups is 2. The summed E-state index contributed by atoms with van der Waals surface area (Å²) in [5, 5.41) is 0.930. The number of Topliss-reactive ketones (excluding diaryl/α,β-unsaturated/α-hetero) is 1. The zero-order valence-corrected chi connectivity index (χ0v) is 16.8. The van der Waals surface area contributed by atoms with Gasteiger partial charge in [-0.15, -0.1) is 0 Å². The van der Waals surface area contributed by atoms with Gasteiger partial charge in [0.15, 0.2) is 6.10 Å². The third-order valence-electron chi connectivity index (χ3n) is 4.99. The van der Waals surface area contributed by atoms with E-state index in [1.165, 1.54) is 0 Å². The molecule has 4 rings (SSSR count). The smallest absolute Gasteiger partial charge is 0.358 e. The highest BCUT2D eigenvalue weighted by molar-refractivity contribution is 6.02. The van der Waals surface area contributed by atoms with E-state index in [1.54, 1.807) is 18.2 Å². The van der Waals surface area contributed by atoms with E-state index < -0.39 is 12.1 Å². The number of ether oxygens (including phenoxy) is 1. The number of aryl methyl sites for hydroxylation is 2. The van der Waals surface area contributed by atoms with Crippen molar-refractivity contribution in [2.24, 2.45) is 0 Å². The summed E-state index contributed by atoms with van der Waals surface area (Å²) in [7, 11) is 0. The fourth-order valence-electron chi connectivity index (χ4n) is 3.23. The molecule has 0 amide bonds. The van der Waals surface area contributed by atoms with E-state index in [9.17, 15) is 9.59 Å². The van der Waals surface area contributed by atoms with Crippen molar-refractivity contribution in [3.63, 3.8) is 0 Å². The van der Waals surface area contributed by atoms with Gasteiger partial charge < -0.3 is 4.74 Å². The predicted octanol–water partition coefficient (Wildman–Crippen LogP) is 5.63. The number of hydrogen-bond acceptors (Lipinski definition) is 4. The molecule has 0 aliphatic heterocycles. The van der Waals surface area contributed by atoms with Crippen molar-refractivity contribution in [3.8, 4) is 0 Å². The van der Waals surface area contributed by atoms with Crippen molar-refractivity contribution in [1.82, 2.24) is 4.98 Å². The molecule has 0 aliphatic carbocycles. The second-order valence-corrected chi connectivity index (χ2v) is 7.32. The van der Waals surface area contributed by atoms with Crippen LogP contribution in [0.5, 0.6) is 0 Å². The molecule has 0 unspecified atom stereocenters. The third kappa shape index (κ3) is 4.13. The van der Waals surface area contributed by atoms with Crippen LogP contribution in [0.4, 0.5) is 0 Å². The summed E-state index contributed by atoms with van der Waals surface area (Å²) in [4.78, 5) is 30.5. The monoisotopic (exact) mass is 395 g/mol. The number of nitrogens with zero attached hydrogens (tertiary/aromatic N) is 1. The highest BCUT2D eigenvalue weighted by atomic mass is 16.5. The zero-order valence-electron chi connectivity index (χ0n) is 16.8. The molecule has 4 aromatic rings. The number of rotatable bonds is 5. The Hall–Kier alpha value is -3.79. The lowest BCUT2D eigenvalue weighted by Gasteiger charge is -2.18. The molecule has 0 saturated carbocycles. The van der Waals surface area contributed by atoms with Crippen LogP contribution in [0.3, 0.4) is 0 Å². The third-order valence-corrected chi connectivity index (χ3v) is 4.99. The highest BCUT2D eigenvalue weighted by Crippen LogP contribution is 2.25. The maximum atomic E-state index is 13.2. The number of hydrogen-bond donors (Lipinski definition) is 0. The number of fused-ring (bicyclic) bond motifs is 1. The van der Waals surface area contributed by atoms with E-state index in [-0.39, 0.29) is 11.5 Å². The van der Waals surface area contributed by atoms with E-state index in [4.69, 9.17) is 4.74 Å². The van der Waals surface area contributed by atoms with E-state index in [0.717, 1.165) is 16.5 Å². The van der Waals surface area contributed by atoms with Crippen molar-refractivity contribution in [3.05, 3.63) is 113 Å². The Balaban J connectivity index is 1.67. The number of pyridine rings is 1. The standard InChI is InChI=1S/C26H21NO3/c1-17-7-11-20(12-8-17)24(28)25(21-13-9-18(2)10-14-21)30-26(29)23-16-15-19-5-3-4-6-22(19)27-23/h3-16,25H,1-2H3/t25-/m1/s1. The average molecular weight is 395 g/mol. The molecule has 0 aliphatic rings. The van der Waals surface area contributed by atoms with Gasteiger partial charge in [0.05, 0.1) is 5.52 Å². The Morgan fingerprint density at radius 1 is 0.767 bits per heavy atom. The van der Waals surface area contributed by atoms with Crippen LogP contribution in [0.15, 0.2) is 84.9 Å². The Labute approximate surface area is 175 Å². The summed E-state index contributed by atoms with van der Waals surface area (Å²) in [6, 6.07) is 25.6. The molecule has 4 heteroatoms. The van der Waals surface area contributed by atoms with Crippen LogP contribution in [0, 0.1) is 13.8 Å². The van der Waals surface area contributed by atoms with Crippen LogP contribution in [0.1, 0.15) is 43.6 Å². The molecular weight excluding hydrogens is 374 g/mol. The van der Waals surface area contributed by atoms with Crippen molar-refractivity contribution >= 4 is 22.7 Å².